The zero-order valence-electron chi connectivity index (χ0n) is 13.8. The van der Waals surface area contributed by atoms with Crippen LogP contribution in [0.5, 0.6) is 0 Å². The lowest BCUT2D eigenvalue weighted by atomic mass is 10.1. The summed E-state index contributed by atoms with van der Waals surface area (Å²) in [5, 5.41) is -0.0429. The van der Waals surface area contributed by atoms with Gasteiger partial charge in [0.1, 0.15) is 11.6 Å². The number of halogens is 2. The van der Waals surface area contributed by atoms with Crippen molar-refractivity contribution in [2.45, 2.75) is 31.6 Å². The van der Waals surface area contributed by atoms with E-state index in [1.54, 1.807) is 6.92 Å². The molecule has 0 aromatic heterocycles. The highest BCUT2D eigenvalue weighted by molar-refractivity contribution is 8.16. The van der Waals surface area contributed by atoms with Gasteiger partial charge in [0.2, 0.25) is 0 Å². The maximum atomic E-state index is 14.3. The normalized spacial score (nSPS) is 27.5. The fraction of sp³-hybridized carbons (Fsp3) is 0.500. The molecule has 2 heterocycles. The quantitative estimate of drug-likeness (QED) is 0.796. The van der Waals surface area contributed by atoms with E-state index < -0.39 is 27.5 Å². The number of fused-ring (bicyclic) bond motifs is 1. The van der Waals surface area contributed by atoms with Gasteiger partial charge in [-0.3, -0.25) is 4.79 Å². The molecule has 1 amide bonds. The molecule has 0 radical (unpaired) electrons. The van der Waals surface area contributed by atoms with Crippen molar-refractivity contribution in [3.05, 3.63) is 29.8 Å². The van der Waals surface area contributed by atoms with Crippen LogP contribution in [0.2, 0.25) is 0 Å². The number of nitrogens with zero attached hydrogens (tertiary/aromatic N) is 2. The Morgan fingerprint density at radius 2 is 2.12 bits per heavy atom. The number of hydrogen-bond acceptors (Lipinski definition) is 4. The van der Waals surface area contributed by atoms with Crippen LogP contribution >= 0.6 is 11.8 Å². The third-order valence-corrected chi connectivity index (χ3v) is 7.69. The van der Waals surface area contributed by atoms with Gasteiger partial charge < -0.3 is 4.90 Å². The lowest BCUT2D eigenvalue weighted by Crippen LogP contribution is -2.38. The van der Waals surface area contributed by atoms with E-state index in [1.807, 2.05) is 6.92 Å². The predicted octanol–water partition coefficient (Wildman–Crippen LogP) is 2.61. The molecular weight excluding hydrogens is 370 g/mol. The van der Waals surface area contributed by atoms with Gasteiger partial charge in [0.05, 0.1) is 23.2 Å². The molecule has 1 aromatic carbocycles. The third-order valence-electron chi connectivity index (χ3n) is 4.48. The molecule has 2 fully saturated rings. The van der Waals surface area contributed by atoms with Gasteiger partial charge in [-0.05, 0) is 18.6 Å². The standard InChI is InChI=1S/C16H18F2N2O3S2/c1-3-9(2)15(21)19-16-20(12-5-4-10(17)6-11(12)18)13-7-25(22,23)8-14(13)24-16/h4-6,9,13-14H,3,7-8H2,1-2H3/t9-,13-,14+/m1/s1. The van der Waals surface area contributed by atoms with Crippen LogP contribution in [0.15, 0.2) is 23.2 Å². The highest BCUT2D eigenvalue weighted by Gasteiger charge is 2.50. The van der Waals surface area contributed by atoms with Crippen molar-refractivity contribution in [1.29, 1.82) is 0 Å². The van der Waals surface area contributed by atoms with Crippen molar-refractivity contribution >= 4 is 38.4 Å². The summed E-state index contributed by atoms with van der Waals surface area (Å²) < 4.78 is 51.4. The summed E-state index contributed by atoms with van der Waals surface area (Å²) in [6.07, 6.45) is 0.617. The molecule has 5 nitrogen and oxygen atoms in total. The number of anilines is 1. The Kier molecular flexibility index (Phi) is 4.89. The number of sulfone groups is 1. The van der Waals surface area contributed by atoms with E-state index in [2.05, 4.69) is 4.99 Å². The first-order valence-corrected chi connectivity index (χ1v) is 10.7. The molecule has 0 spiro atoms. The Hall–Kier alpha value is -1.48. The fourth-order valence-electron chi connectivity index (χ4n) is 2.90. The summed E-state index contributed by atoms with van der Waals surface area (Å²) >= 11 is 1.17. The molecule has 0 saturated carbocycles. The molecule has 136 valence electrons. The lowest BCUT2D eigenvalue weighted by molar-refractivity contribution is -0.121. The van der Waals surface area contributed by atoms with Crippen LogP contribution in [-0.2, 0) is 14.6 Å². The van der Waals surface area contributed by atoms with Crippen LogP contribution < -0.4 is 4.90 Å². The summed E-state index contributed by atoms with van der Waals surface area (Å²) in [7, 11) is -3.24. The van der Waals surface area contributed by atoms with E-state index in [0.29, 0.717) is 6.42 Å². The van der Waals surface area contributed by atoms with Gasteiger partial charge in [-0.25, -0.2) is 17.2 Å². The average molecular weight is 388 g/mol. The summed E-state index contributed by atoms with van der Waals surface area (Å²) in [6.45, 7) is 3.61. The van der Waals surface area contributed by atoms with Crippen LogP contribution in [0.1, 0.15) is 20.3 Å². The van der Waals surface area contributed by atoms with Gasteiger partial charge in [0.25, 0.3) is 5.91 Å². The van der Waals surface area contributed by atoms with Crippen LogP contribution in [-0.4, -0.2) is 42.3 Å². The number of amides is 1. The van der Waals surface area contributed by atoms with E-state index >= 15 is 0 Å². The van der Waals surface area contributed by atoms with E-state index in [0.717, 1.165) is 12.1 Å². The fourth-order valence-corrected chi connectivity index (χ4v) is 6.81. The minimum Gasteiger partial charge on any atom is -0.313 e. The first-order valence-electron chi connectivity index (χ1n) is 7.95. The second-order valence-electron chi connectivity index (χ2n) is 6.31. The van der Waals surface area contributed by atoms with Gasteiger partial charge in [-0.1, -0.05) is 25.6 Å². The first-order chi connectivity index (χ1) is 11.7. The number of amidine groups is 1. The second-order valence-corrected chi connectivity index (χ2v) is 9.67. The molecule has 1 aromatic rings. The van der Waals surface area contributed by atoms with Gasteiger partial charge >= 0.3 is 0 Å². The summed E-state index contributed by atoms with van der Waals surface area (Å²) in [5.41, 5.74) is 0.0363. The highest BCUT2D eigenvalue weighted by atomic mass is 32.2. The largest absolute Gasteiger partial charge is 0.313 e. The van der Waals surface area contributed by atoms with E-state index in [9.17, 15) is 22.0 Å². The van der Waals surface area contributed by atoms with Crippen molar-refractivity contribution in [1.82, 2.24) is 0 Å². The van der Waals surface area contributed by atoms with Crippen molar-refractivity contribution in [2.75, 3.05) is 16.4 Å². The Bertz CT molecular complexity index is 842. The molecule has 0 N–H and O–H groups in total. The van der Waals surface area contributed by atoms with E-state index in [4.69, 9.17) is 0 Å². The smallest absolute Gasteiger partial charge is 0.250 e. The molecule has 2 saturated heterocycles. The summed E-state index contributed by atoms with van der Waals surface area (Å²) in [6, 6.07) is 2.58. The van der Waals surface area contributed by atoms with Crippen molar-refractivity contribution in [3.63, 3.8) is 0 Å². The molecule has 2 aliphatic heterocycles. The minimum absolute atomic E-state index is 0.0363. The van der Waals surface area contributed by atoms with Crippen LogP contribution in [0.3, 0.4) is 0 Å². The van der Waals surface area contributed by atoms with Crippen LogP contribution in [0, 0.1) is 17.6 Å². The lowest BCUT2D eigenvalue weighted by Gasteiger charge is -2.25. The molecule has 25 heavy (non-hydrogen) atoms. The Morgan fingerprint density at radius 1 is 1.40 bits per heavy atom. The number of thioether (sulfide) groups is 1. The Morgan fingerprint density at radius 3 is 2.76 bits per heavy atom. The summed E-state index contributed by atoms with van der Waals surface area (Å²) in [4.78, 5) is 17.7. The summed E-state index contributed by atoms with van der Waals surface area (Å²) in [5.74, 6) is -2.33. The SMILES string of the molecule is CC[C@@H](C)C(=O)N=C1S[C@H]2CS(=O)(=O)C[C@H]2N1c1ccc(F)cc1F. The maximum absolute atomic E-state index is 14.3. The Labute approximate surface area is 149 Å². The van der Waals surface area contributed by atoms with Crippen molar-refractivity contribution < 1.29 is 22.0 Å². The number of carbonyl (C=O) groups is 1. The second kappa shape index (κ2) is 6.68. The van der Waals surface area contributed by atoms with Crippen LogP contribution in [0.25, 0.3) is 0 Å². The molecule has 2 aliphatic rings. The van der Waals surface area contributed by atoms with E-state index in [-0.39, 0.29) is 39.4 Å². The van der Waals surface area contributed by atoms with Crippen molar-refractivity contribution in [2.24, 2.45) is 10.9 Å². The third kappa shape index (κ3) is 3.57. The molecule has 0 aliphatic carbocycles. The molecule has 0 unspecified atom stereocenters. The topological polar surface area (TPSA) is 66.8 Å². The van der Waals surface area contributed by atoms with E-state index in [1.165, 1.54) is 22.7 Å². The van der Waals surface area contributed by atoms with Gasteiger partial charge in [-0.2, -0.15) is 4.99 Å². The van der Waals surface area contributed by atoms with Gasteiger partial charge in [0.15, 0.2) is 15.0 Å². The number of carbonyl (C=O) groups excluding carboxylic acids is 1. The number of rotatable bonds is 3. The number of aliphatic imine (C=N–C) groups is 1. The zero-order chi connectivity index (χ0) is 18.4. The monoisotopic (exact) mass is 388 g/mol. The maximum Gasteiger partial charge on any atom is 0.250 e. The molecular formula is C16H18F2N2O3S2. The van der Waals surface area contributed by atoms with Gasteiger partial charge in [0, 0.05) is 17.2 Å². The highest BCUT2D eigenvalue weighted by Crippen LogP contribution is 2.41. The molecule has 0 bridgehead atoms. The number of benzene rings is 1. The van der Waals surface area contributed by atoms with Gasteiger partial charge in [-0.15, -0.1) is 0 Å². The first kappa shape index (κ1) is 18.3. The molecule has 3 atom stereocenters. The number of hydrogen-bond donors (Lipinski definition) is 0. The molecule has 3 rings (SSSR count). The van der Waals surface area contributed by atoms with Crippen LogP contribution in [0.4, 0.5) is 14.5 Å². The molecule has 9 heteroatoms. The average Bonchev–Trinajstić information content (AvgIpc) is 2.98. The Balaban J connectivity index is 2.04. The zero-order valence-corrected chi connectivity index (χ0v) is 15.4. The predicted molar refractivity (Wildman–Crippen MR) is 94.6 cm³/mol. The van der Waals surface area contributed by atoms with Crippen molar-refractivity contribution in [3.8, 4) is 0 Å². The minimum atomic E-state index is -3.24.